The zero-order chi connectivity index (χ0) is 17.1. The number of benzene rings is 1. The van der Waals surface area contributed by atoms with Crippen LogP contribution in [-0.4, -0.2) is 24.1 Å². The second kappa shape index (κ2) is 7.44. The highest BCUT2D eigenvalue weighted by molar-refractivity contribution is 7.15. The van der Waals surface area contributed by atoms with Crippen molar-refractivity contribution in [3.8, 4) is 11.5 Å². The van der Waals surface area contributed by atoms with Gasteiger partial charge < -0.3 is 14.8 Å². The lowest BCUT2D eigenvalue weighted by molar-refractivity contribution is -0.116. The Morgan fingerprint density at radius 2 is 1.96 bits per heavy atom. The largest absolute Gasteiger partial charge is 0.486 e. The Hall–Kier alpha value is -2.08. The maximum Gasteiger partial charge on any atom is 0.226 e. The van der Waals surface area contributed by atoms with Crippen molar-refractivity contribution in [3.05, 3.63) is 34.3 Å². The molecule has 1 aliphatic carbocycles. The average molecular weight is 358 g/mol. The van der Waals surface area contributed by atoms with E-state index in [0.717, 1.165) is 35.0 Å². The third-order valence-electron chi connectivity index (χ3n) is 4.59. The van der Waals surface area contributed by atoms with Crippen molar-refractivity contribution in [1.29, 1.82) is 0 Å². The first-order valence-corrected chi connectivity index (χ1v) is 9.76. The van der Waals surface area contributed by atoms with Gasteiger partial charge in [-0.3, -0.25) is 4.79 Å². The van der Waals surface area contributed by atoms with Gasteiger partial charge in [0, 0.05) is 11.3 Å². The topological polar surface area (TPSA) is 60.5 Å². The second-order valence-corrected chi connectivity index (χ2v) is 7.56. The molecule has 4 rings (SSSR count). The lowest BCUT2D eigenvalue weighted by Gasteiger charge is -2.18. The molecular formula is C19H22N2O3S. The van der Waals surface area contributed by atoms with Crippen LogP contribution in [0.4, 0.5) is 5.13 Å². The molecule has 0 unspecified atom stereocenters. The maximum absolute atomic E-state index is 12.3. The van der Waals surface area contributed by atoms with Crippen molar-refractivity contribution in [3.63, 3.8) is 0 Å². The standard InChI is InChI=1S/C19H22N2O3S/c22-18(21-19-20-14-4-2-1-3-5-17(14)25-19)9-7-13-6-8-15-16(12-13)24-11-10-23-15/h6,8,12H,1-5,7,9-11H2,(H,20,21,22). The van der Waals surface area contributed by atoms with Crippen LogP contribution in [0.2, 0.25) is 0 Å². The summed E-state index contributed by atoms with van der Waals surface area (Å²) >= 11 is 1.64. The van der Waals surface area contributed by atoms with Crippen molar-refractivity contribution in [2.75, 3.05) is 18.5 Å². The first kappa shape index (κ1) is 16.4. The number of aryl methyl sites for hydroxylation is 3. The van der Waals surface area contributed by atoms with Gasteiger partial charge in [0.25, 0.3) is 0 Å². The van der Waals surface area contributed by atoms with Crippen LogP contribution in [-0.2, 0) is 24.1 Å². The van der Waals surface area contributed by atoms with Crippen molar-refractivity contribution in [2.24, 2.45) is 0 Å². The number of carbonyl (C=O) groups is 1. The summed E-state index contributed by atoms with van der Waals surface area (Å²) in [6.45, 7) is 1.16. The van der Waals surface area contributed by atoms with Gasteiger partial charge in [0.1, 0.15) is 13.2 Å². The first-order chi connectivity index (χ1) is 12.3. The summed E-state index contributed by atoms with van der Waals surface area (Å²) < 4.78 is 11.1. The Balaban J connectivity index is 1.33. The van der Waals surface area contributed by atoms with Gasteiger partial charge in [-0.05, 0) is 49.8 Å². The fourth-order valence-corrected chi connectivity index (χ4v) is 4.33. The highest BCUT2D eigenvalue weighted by Gasteiger charge is 2.16. The highest BCUT2D eigenvalue weighted by Crippen LogP contribution is 2.31. The van der Waals surface area contributed by atoms with Crippen LogP contribution in [0.3, 0.4) is 0 Å². The van der Waals surface area contributed by atoms with E-state index >= 15 is 0 Å². The molecule has 0 radical (unpaired) electrons. The molecule has 1 aliphatic heterocycles. The van der Waals surface area contributed by atoms with Crippen molar-refractivity contribution in [2.45, 2.75) is 44.9 Å². The van der Waals surface area contributed by atoms with E-state index in [-0.39, 0.29) is 5.91 Å². The first-order valence-electron chi connectivity index (χ1n) is 8.95. The van der Waals surface area contributed by atoms with Crippen LogP contribution in [0, 0.1) is 0 Å². The quantitative estimate of drug-likeness (QED) is 0.846. The molecule has 25 heavy (non-hydrogen) atoms. The molecule has 0 fully saturated rings. The fraction of sp³-hybridized carbons (Fsp3) is 0.474. The van der Waals surface area contributed by atoms with Crippen molar-refractivity contribution >= 4 is 22.4 Å². The van der Waals surface area contributed by atoms with Crippen LogP contribution in [0.15, 0.2) is 18.2 Å². The van der Waals surface area contributed by atoms with Gasteiger partial charge in [-0.1, -0.05) is 12.5 Å². The number of aromatic nitrogens is 1. The van der Waals surface area contributed by atoms with Crippen molar-refractivity contribution < 1.29 is 14.3 Å². The predicted octanol–water partition coefficient (Wildman–Crippen LogP) is 3.75. The number of thiazole rings is 1. The van der Waals surface area contributed by atoms with Gasteiger partial charge in [0.2, 0.25) is 5.91 Å². The van der Waals surface area contributed by atoms with E-state index in [4.69, 9.17) is 9.47 Å². The molecule has 6 heteroatoms. The number of hydrogen-bond donors (Lipinski definition) is 1. The zero-order valence-electron chi connectivity index (χ0n) is 14.2. The van der Waals surface area contributed by atoms with E-state index in [2.05, 4.69) is 10.3 Å². The van der Waals surface area contributed by atoms with Gasteiger partial charge in [0.15, 0.2) is 16.6 Å². The zero-order valence-corrected chi connectivity index (χ0v) is 15.0. The van der Waals surface area contributed by atoms with Gasteiger partial charge in [0.05, 0.1) is 5.69 Å². The monoisotopic (exact) mass is 358 g/mol. The summed E-state index contributed by atoms with van der Waals surface area (Å²) in [5.74, 6) is 1.57. The number of amides is 1. The summed E-state index contributed by atoms with van der Waals surface area (Å²) in [7, 11) is 0. The number of hydrogen-bond acceptors (Lipinski definition) is 5. The van der Waals surface area contributed by atoms with Crippen LogP contribution in [0.5, 0.6) is 11.5 Å². The van der Waals surface area contributed by atoms with Crippen LogP contribution >= 0.6 is 11.3 Å². The Labute approximate surface area is 151 Å². The van der Waals surface area contributed by atoms with E-state index in [1.165, 1.54) is 29.8 Å². The number of ether oxygens (including phenoxy) is 2. The molecule has 2 heterocycles. The molecule has 2 aromatic rings. The Bertz CT molecular complexity index is 749. The summed E-state index contributed by atoms with van der Waals surface area (Å²) in [5, 5.41) is 3.71. The molecule has 1 N–H and O–H groups in total. The number of nitrogens with zero attached hydrogens (tertiary/aromatic N) is 1. The van der Waals surface area contributed by atoms with E-state index in [1.807, 2.05) is 18.2 Å². The third kappa shape index (κ3) is 3.95. The number of fused-ring (bicyclic) bond motifs is 2. The molecular weight excluding hydrogens is 336 g/mol. The number of anilines is 1. The van der Waals surface area contributed by atoms with Gasteiger partial charge in [-0.2, -0.15) is 0 Å². The van der Waals surface area contributed by atoms with Crippen LogP contribution < -0.4 is 14.8 Å². The molecule has 0 atom stereocenters. The van der Waals surface area contributed by atoms with Crippen LogP contribution in [0.25, 0.3) is 0 Å². The molecule has 0 spiro atoms. The molecule has 0 bridgehead atoms. The smallest absolute Gasteiger partial charge is 0.226 e. The summed E-state index contributed by atoms with van der Waals surface area (Å²) in [4.78, 5) is 18.2. The minimum Gasteiger partial charge on any atom is -0.486 e. The summed E-state index contributed by atoms with van der Waals surface area (Å²) in [6, 6.07) is 5.87. The average Bonchev–Trinajstić information content (AvgIpc) is 2.88. The molecule has 1 aromatic heterocycles. The van der Waals surface area contributed by atoms with E-state index in [0.29, 0.717) is 26.1 Å². The number of nitrogens with one attached hydrogen (secondary N) is 1. The van der Waals surface area contributed by atoms with Gasteiger partial charge >= 0.3 is 0 Å². The maximum atomic E-state index is 12.3. The molecule has 0 saturated heterocycles. The van der Waals surface area contributed by atoms with E-state index in [1.54, 1.807) is 11.3 Å². The molecule has 0 saturated carbocycles. The Morgan fingerprint density at radius 3 is 2.88 bits per heavy atom. The second-order valence-electron chi connectivity index (χ2n) is 6.48. The Kier molecular flexibility index (Phi) is 4.88. The van der Waals surface area contributed by atoms with Crippen LogP contribution in [0.1, 0.15) is 41.8 Å². The van der Waals surface area contributed by atoms with E-state index < -0.39 is 0 Å². The summed E-state index contributed by atoms with van der Waals surface area (Å²) in [5.41, 5.74) is 2.26. The SMILES string of the molecule is O=C(CCc1ccc2c(c1)OCCO2)Nc1nc2c(s1)CCCCC2. The molecule has 132 valence electrons. The lowest BCUT2D eigenvalue weighted by Crippen LogP contribution is -2.15. The normalized spacial score (nSPS) is 16.0. The van der Waals surface area contributed by atoms with Crippen molar-refractivity contribution in [1.82, 2.24) is 4.98 Å². The third-order valence-corrected chi connectivity index (χ3v) is 5.66. The highest BCUT2D eigenvalue weighted by atomic mass is 32.1. The fourth-order valence-electron chi connectivity index (χ4n) is 3.27. The minimum absolute atomic E-state index is 0.0128. The minimum atomic E-state index is 0.0128. The molecule has 1 aromatic carbocycles. The summed E-state index contributed by atoms with van der Waals surface area (Å²) in [6.07, 6.45) is 6.96. The molecule has 2 aliphatic rings. The number of rotatable bonds is 4. The number of carbonyl (C=O) groups excluding carboxylic acids is 1. The lowest BCUT2D eigenvalue weighted by atomic mass is 10.1. The van der Waals surface area contributed by atoms with Gasteiger partial charge in [-0.25, -0.2) is 4.98 Å². The molecule has 5 nitrogen and oxygen atoms in total. The molecule has 1 amide bonds. The van der Waals surface area contributed by atoms with Gasteiger partial charge in [-0.15, -0.1) is 11.3 Å². The van der Waals surface area contributed by atoms with E-state index in [9.17, 15) is 4.79 Å². The Morgan fingerprint density at radius 1 is 1.12 bits per heavy atom. The predicted molar refractivity (Wildman–Crippen MR) is 97.8 cm³/mol.